The predicted molar refractivity (Wildman–Crippen MR) is 139 cm³/mol. The highest BCUT2D eigenvalue weighted by Crippen LogP contribution is 2.28. The molecule has 0 amide bonds. The van der Waals surface area contributed by atoms with E-state index >= 15 is 0 Å². The van der Waals surface area contributed by atoms with Crippen LogP contribution in [0.3, 0.4) is 0 Å². The molecule has 0 bridgehead atoms. The van der Waals surface area contributed by atoms with Crippen LogP contribution in [0.25, 0.3) is 11.1 Å². The molecule has 0 saturated heterocycles. The molecule has 2 atom stereocenters. The van der Waals surface area contributed by atoms with Crippen molar-refractivity contribution in [2.45, 2.75) is 58.3 Å². The van der Waals surface area contributed by atoms with Crippen molar-refractivity contribution in [1.29, 1.82) is 0 Å². The van der Waals surface area contributed by atoms with Gasteiger partial charge in [0.25, 0.3) is 0 Å². The van der Waals surface area contributed by atoms with E-state index < -0.39 is 11.9 Å². The van der Waals surface area contributed by atoms with Gasteiger partial charge in [0.1, 0.15) is 5.82 Å². The minimum absolute atomic E-state index is 0.122. The van der Waals surface area contributed by atoms with Gasteiger partial charge >= 0.3 is 0 Å². The Morgan fingerprint density at radius 3 is 2.56 bits per heavy atom. The number of aryl methyl sites for hydroxylation is 1. The van der Waals surface area contributed by atoms with Crippen LogP contribution < -0.4 is 5.32 Å². The zero-order valence-electron chi connectivity index (χ0n) is 20.4. The zero-order valence-corrected chi connectivity index (χ0v) is 21.2. The Morgan fingerprint density at radius 1 is 1.06 bits per heavy atom. The number of ether oxygens (including phenoxy) is 1. The van der Waals surface area contributed by atoms with Crippen molar-refractivity contribution in [2.75, 3.05) is 13.2 Å². The van der Waals surface area contributed by atoms with E-state index in [2.05, 4.69) is 60.8 Å². The third-order valence-electron chi connectivity index (χ3n) is 6.05. The summed E-state index contributed by atoms with van der Waals surface area (Å²) in [4.78, 5) is 0. The first kappa shape index (κ1) is 26.4. The Labute approximate surface area is 207 Å². The Kier molecular flexibility index (Phi) is 9.26. The largest absolute Gasteiger partial charge is 0.389 e. The molecule has 0 aromatic heterocycles. The van der Waals surface area contributed by atoms with Crippen LogP contribution in [0.1, 0.15) is 50.5 Å². The second kappa shape index (κ2) is 11.9. The molecule has 0 spiro atoms. The highest BCUT2D eigenvalue weighted by molar-refractivity contribution is 6.30. The highest BCUT2D eigenvalue weighted by atomic mass is 35.5. The summed E-state index contributed by atoms with van der Waals surface area (Å²) in [5.74, 6) is -0.417. The predicted octanol–water partition coefficient (Wildman–Crippen LogP) is 6.76. The summed E-state index contributed by atoms with van der Waals surface area (Å²) < 4.78 is 19.7. The fourth-order valence-electron chi connectivity index (χ4n) is 4.10. The SMILES string of the molecule is CCc1ccccc1-c1cccc(C(C)OC[C@H](O)CNC(C)(C)Cc2ccc(Cl)c(F)c2)c1. The summed E-state index contributed by atoms with van der Waals surface area (Å²) in [7, 11) is 0. The monoisotopic (exact) mass is 483 g/mol. The first-order chi connectivity index (χ1) is 16.2. The van der Waals surface area contributed by atoms with Crippen molar-refractivity contribution in [2.24, 2.45) is 0 Å². The van der Waals surface area contributed by atoms with Crippen LogP contribution in [0.4, 0.5) is 4.39 Å². The van der Waals surface area contributed by atoms with Gasteiger partial charge in [-0.2, -0.15) is 0 Å². The molecule has 0 heterocycles. The number of hydrogen-bond donors (Lipinski definition) is 2. The van der Waals surface area contributed by atoms with Gasteiger partial charge in [-0.15, -0.1) is 0 Å². The molecule has 2 N–H and O–H groups in total. The number of aliphatic hydroxyl groups is 1. The third-order valence-corrected chi connectivity index (χ3v) is 6.36. The number of β-amino-alcohol motifs (C(OH)–C–C–N with tert-alkyl or cyclic N) is 1. The van der Waals surface area contributed by atoms with E-state index in [9.17, 15) is 9.50 Å². The molecule has 3 aromatic rings. The van der Waals surface area contributed by atoms with Crippen LogP contribution in [0.5, 0.6) is 0 Å². The fourth-order valence-corrected chi connectivity index (χ4v) is 4.21. The lowest BCUT2D eigenvalue weighted by atomic mass is 9.94. The van der Waals surface area contributed by atoms with Crippen LogP contribution in [0.15, 0.2) is 66.7 Å². The van der Waals surface area contributed by atoms with Crippen LogP contribution in [-0.2, 0) is 17.6 Å². The van der Waals surface area contributed by atoms with E-state index in [0.29, 0.717) is 13.0 Å². The maximum Gasteiger partial charge on any atom is 0.142 e. The molecule has 1 unspecified atom stereocenters. The molecule has 0 aliphatic carbocycles. The zero-order chi connectivity index (χ0) is 24.7. The Hall–Kier alpha value is -2.24. The Morgan fingerprint density at radius 2 is 1.82 bits per heavy atom. The molecular weight excluding hydrogens is 449 g/mol. The first-order valence-corrected chi connectivity index (χ1v) is 12.2. The molecule has 3 aromatic carbocycles. The van der Waals surface area contributed by atoms with E-state index in [4.69, 9.17) is 16.3 Å². The summed E-state index contributed by atoms with van der Waals surface area (Å²) in [6.07, 6.45) is 0.785. The lowest BCUT2D eigenvalue weighted by molar-refractivity contribution is -0.00416. The summed E-state index contributed by atoms with van der Waals surface area (Å²) in [5, 5.41) is 14.0. The van der Waals surface area contributed by atoms with E-state index in [1.165, 1.54) is 22.8 Å². The van der Waals surface area contributed by atoms with Crippen molar-refractivity contribution < 1.29 is 14.2 Å². The van der Waals surface area contributed by atoms with Gasteiger partial charge in [0.05, 0.1) is 23.8 Å². The molecule has 0 aliphatic rings. The summed E-state index contributed by atoms with van der Waals surface area (Å²) in [6.45, 7) is 8.81. The van der Waals surface area contributed by atoms with Gasteiger partial charge in [-0.1, -0.05) is 67.1 Å². The van der Waals surface area contributed by atoms with Gasteiger partial charge in [-0.05, 0) is 79.6 Å². The van der Waals surface area contributed by atoms with Crippen molar-refractivity contribution >= 4 is 11.6 Å². The van der Waals surface area contributed by atoms with Gasteiger partial charge in [0.15, 0.2) is 0 Å². The standard InChI is InChI=1S/C29H35ClFNO2/c1-5-22-9-6-7-12-26(22)24-11-8-10-23(16-24)20(2)34-19-25(33)18-32-29(3,4)17-21-13-14-27(30)28(31)15-21/h6-16,20,25,32-33H,5,17-19H2,1-4H3/t20?,25-/m1/s1. The summed E-state index contributed by atoms with van der Waals surface area (Å²) in [6, 6.07) is 21.7. The lowest BCUT2D eigenvalue weighted by Crippen LogP contribution is -2.46. The smallest absolute Gasteiger partial charge is 0.142 e. The van der Waals surface area contributed by atoms with Crippen molar-refractivity contribution in [3.05, 3.63) is 94.3 Å². The van der Waals surface area contributed by atoms with E-state index in [1.54, 1.807) is 6.07 Å². The summed E-state index contributed by atoms with van der Waals surface area (Å²) in [5.41, 5.74) is 5.34. The van der Waals surface area contributed by atoms with Gasteiger partial charge < -0.3 is 15.2 Å². The third kappa shape index (κ3) is 7.38. The Bertz CT molecular complexity index is 1090. The van der Waals surface area contributed by atoms with Crippen LogP contribution in [-0.4, -0.2) is 29.9 Å². The van der Waals surface area contributed by atoms with Gasteiger partial charge in [-0.3, -0.25) is 0 Å². The number of halogens is 2. The Balaban J connectivity index is 1.52. The highest BCUT2D eigenvalue weighted by Gasteiger charge is 2.20. The van der Waals surface area contributed by atoms with Crippen molar-refractivity contribution in [3.8, 4) is 11.1 Å². The molecule has 5 heteroatoms. The molecule has 0 fully saturated rings. The second-order valence-corrected chi connectivity index (χ2v) is 9.86. The van der Waals surface area contributed by atoms with Crippen LogP contribution in [0, 0.1) is 5.82 Å². The summed E-state index contributed by atoms with van der Waals surface area (Å²) >= 11 is 5.77. The topological polar surface area (TPSA) is 41.5 Å². The number of benzene rings is 3. The van der Waals surface area contributed by atoms with Crippen molar-refractivity contribution in [3.63, 3.8) is 0 Å². The molecule has 0 saturated carbocycles. The van der Waals surface area contributed by atoms with E-state index in [1.807, 2.05) is 26.8 Å². The number of rotatable bonds is 11. The number of aliphatic hydroxyl groups excluding tert-OH is 1. The van der Waals surface area contributed by atoms with Crippen LogP contribution >= 0.6 is 11.6 Å². The second-order valence-electron chi connectivity index (χ2n) is 9.46. The molecule has 0 radical (unpaired) electrons. The maximum absolute atomic E-state index is 13.7. The van der Waals surface area contributed by atoms with Gasteiger partial charge in [-0.25, -0.2) is 4.39 Å². The minimum Gasteiger partial charge on any atom is -0.389 e. The van der Waals surface area contributed by atoms with E-state index in [0.717, 1.165) is 17.5 Å². The molecular formula is C29H35ClFNO2. The first-order valence-electron chi connectivity index (χ1n) is 11.9. The molecule has 3 rings (SSSR count). The quantitative estimate of drug-likeness (QED) is 0.316. The van der Waals surface area contributed by atoms with Gasteiger partial charge in [0, 0.05) is 12.1 Å². The average Bonchev–Trinajstić information content (AvgIpc) is 2.83. The average molecular weight is 484 g/mol. The lowest BCUT2D eigenvalue weighted by Gasteiger charge is -2.28. The molecule has 0 aliphatic heterocycles. The molecule has 34 heavy (non-hydrogen) atoms. The van der Waals surface area contributed by atoms with Crippen LogP contribution in [0.2, 0.25) is 5.02 Å². The molecule has 3 nitrogen and oxygen atoms in total. The van der Waals surface area contributed by atoms with E-state index in [-0.39, 0.29) is 23.3 Å². The number of hydrogen-bond acceptors (Lipinski definition) is 3. The molecule has 182 valence electrons. The minimum atomic E-state index is -0.660. The normalized spacial score (nSPS) is 13.6. The number of nitrogens with one attached hydrogen (secondary N) is 1. The maximum atomic E-state index is 13.7. The van der Waals surface area contributed by atoms with Gasteiger partial charge in [0.2, 0.25) is 0 Å². The fraction of sp³-hybridized carbons (Fsp3) is 0.379. The van der Waals surface area contributed by atoms with Crippen molar-refractivity contribution in [1.82, 2.24) is 5.32 Å².